The second-order valence-electron chi connectivity index (χ2n) is 5.00. The Kier molecular flexibility index (Phi) is 4.82. The molecule has 1 amide bonds. The van der Waals surface area contributed by atoms with Crippen molar-refractivity contribution in [1.29, 1.82) is 0 Å². The topological polar surface area (TPSA) is 66.6 Å². The normalized spacial score (nSPS) is 19.5. The van der Waals surface area contributed by atoms with Crippen LogP contribution in [0.3, 0.4) is 0 Å². The molecule has 3 N–H and O–H groups in total. The number of benzene rings is 1. The van der Waals surface area contributed by atoms with Gasteiger partial charge in [-0.1, -0.05) is 15.9 Å². The lowest BCUT2D eigenvalue weighted by Gasteiger charge is -2.32. The molecule has 1 aromatic rings. The number of hydrogen-bond acceptors (Lipinski definition) is 3. The van der Waals surface area contributed by atoms with Gasteiger partial charge in [-0.15, -0.1) is 0 Å². The second kappa shape index (κ2) is 6.39. The quantitative estimate of drug-likeness (QED) is 0.896. The summed E-state index contributed by atoms with van der Waals surface area (Å²) in [7, 11) is 0. The van der Waals surface area contributed by atoms with Crippen LogP contribution in [-0.2, 0) is 0 Å². The molecule has 1 heterocycles. The number of carbonyl (C=O) groups is 1. The fourth-order valence-electron chi connectivity index (χ4n) is 2.57. The van der Waals surface area contributed by atoms with Crippen LogP contribution in [0.15, 0.2) is 22.7 Å². The van der Waals surface area contributed by atoms with Gasteiger partial charge in [0.15, 0.2) is 0 Å². The number of carbonyl (C=O) groups excluding carboxylic acids is 1. The molecule has 1 aliphatic heterocycles. The molecule has 104 valence electrons. The third-order valence-electron chi connectivity index (χ3n) is 3.57. The molecule has 1 atom stereocenters. The highest BCUT2D eigenvalue weighted by Gasteiger charge is 2.25. The van der Waals surface area contributed by atoms with Crippen molar-refractivity contribution < 1.29 is 9.90 Å². The summed E-state index contributed by atoms with van der Waals surface area (Å²) in [4.78, 5) is 14.3. The van der Waals surface area contributed by atoms with Crippen molar-refractivity contribution in [3.63, 3.8) is 0 Å². The molecule has 0 bridgehead atoms. The summed E-state index contributed by atoms with van der Waals surface area (Å²) >= 11 is 3.33. The minimum Gasteiger partial charge on any atom is -0.507 e. The summed E-state index contributed by atoms with van der Waals surface area (Å²) in [6.45, 7) is 2.16. The summed E-state index contributed by atoms with van der Waals surface area (Å²) in [5.74, 6) is 0.423. The van der Waals surface area contributed by atoms with Gasteiger partial charge in [-0.05, 0) is 49.9 Å². The molecule has 1 aromatic carbocycles. The summed E-state index contributed by atoms with van der Waals surface area (Å²) in [6.07, 6.45) is 3.09. The number of nitrogens with two attached hydrogens (primary N) is 1. The van der Waals surface area contributed by atoms with E-state index in [0.717, 1.165) is 36.8 Å². The van der Waals surface area contributed by atoms with Crippen LogP contribution in [0.4, 0.5) is 0 Å². The minimum absolute atomic E-state index is 0.0362. The standard InChI is InChI=1S/C14H19BrN2O2/c15-11-3-4-13(18)12(8-11)14(19)17-7-1-2-10(9-17)5-6-16/h3-4,8,10,18H,1-2,5-7,9,16H2. The number of phenolic OH excluding ortho intramolecular Hbond substituents is 1. The first kappa shape index (κ1) is 14.3. The number of aromatic hydroxyl groups is 1. The number of amides is 1. The van der Waals surface area contributed by atoms with Crippen molar-refractivity contribution >= 4 is 21.8 Å². The Morgan fingerprint density at radius 3 is 3.05 bits per heavy atom. The van der Waals surface area contributed by atoms with Crippen molar-refractivity contribution in [2.75, 3.05) is 19.6 Å². The summed E-state index contributed by atoms with van der Waals surface area (Å²) in [5.41, 5.74) is 5.95. The average molecular weight is 327 g/mol. The van der Waals surface area contributed by atoms with Crippen LogP contribution in [0.1, 0.15) is 29.6 Å². The molecule has 1 fully saturated rings. The van der Waals surface area contributed by atoms with E-state index in [1.807, 2.05) is 4.90 Å². The SMILES string of the molecule is NCCC1CCCN(C(=O)c2cc(Br)ccc2O)C1. The van der Waals surface area contributed by atoms with Crippen LogP contribution in [-0.4, -0.2) is 35.5 Å². The van der Waals surface area contributed by atoms with E-state index in [1.165, 1.54) is 0 Å². The highest BCUT2D eigenvalue weighted by molar-refractivity contribution is 9.10. The number of rotatable bonds is 3. The monoisotopic (exact) mass is 326 g/mol. The Hall–Kier alpha value is -1.07. The molecule has 1 saturated heterocycles. The maximum Gasteiger partial charge on any atom is 0.257 e. The van der Waals surface area contributed by atoms with Crippen LogP contribution >= 0.6 is 15.9 Å². The predicted octanol–water partition coefficient (Wildman–Crippen LogP) is 2.36. The zero-order valence-corrected chi connectivity index (χ0v) is 12.4. The molecule has 2 rings (SSSR count). The maximum atomic E-state index is 12.4. The number of nitrogens with zero attached hydrogens (tertiary/aromatic N) is 1. The van der Waals surface area contributed by atoms with Crippen LogP contribution in [0.5, 0.6) is 5.75 Å². The Bertz CT molecular complexity index is 463. The number of phenols is 1. The van der Waals surface area contributed by atoms with E-state index in [-0.39, 0.29) is 11.7 Å². The first-order chi connectivity index (χ1) is 9.11. The van der Waals surface area contributed by atoms with Gasteiger partial charge in [0.2, 0.25) is 0 Å². The second-order valence-corrected chi connectivity index (χ2v) is 5.91. The summed E-state index contributed by atoms with van der Waals surface area (Å²) in [5, 5.41) is 9.82. The smallest absolute Gasteiger partial charge is 0.257 e. The van der Waals surface area contributed by atoms with Crippen molar-refractivity contribution in [3.05, 3.63) is 28.2 Å². The van der Waals surface area contributed by atoms with Crippen LogP contribution in [0, 0.1) is 5.92 Å². The Morgan fingerprint density at radius 2 is 2.32 bits per heavy atom. The first-order valence-corrected chi connectivity index (χ1v) is 7.39. The summed E-state index contributed by atoms with van der Waals surface area (Å²) < 4.78 is 0.796. The summed E-state index contributed by atoms with van der Waals surface area (Å²) in [6, 6.07) is 4.93. The zero-order valence-electron chi connectivity index (χ0n) is 10.8. The Labute approximate surface area is 121 Å². The maximum absolute atomic E-state index is 12.4. The fraction of sp³-hybridized carbons (Fsp3) is 0.500. The number of halogens is 1. The predicted molar refractivity (Wildman–Crippen MR) is 78.1 cm³/mol. The van der Waals surface area contributed by atoms with E-state index >= 15 is 0 Å². The number of piperidine rings is 1. The lowest BCUT2D eigenvalue weighted by molar-refractivity contribution is 0.0666. The molecular weight excluding hydrogens is 308 g/mol. The number of hydrogen-bond donors (Lipinski definition) is 2. The van der Waals surface area contributed by atoms with Gasteiger partial charge in [-0.2, -0.15) is 0 Å². The molecule has 0 aliphatic carbocycles. The highest BCUT2D eigenvalue weighted by atomic mass is 79.9. The molecule has 19 heavy (non-hydrogen) atoms. The van der Waals surface area contributed by atoms with Crippen LogP contribution in [0.25, 0.3) is 0 Å². The Morgan fingerprint density at radius 1 is 1.53 bits per heavy atom. The molecular formula is C14H19BrN2O2. The highest BCUT2D eigenvalue weighted by Crippen LogP contribution is 2.26. The minimum atomic E-state index is -0.0967. The molecule has 0 aromatic heterocycles. The van der Waals surface area contributed by atoms with Gasteiger partial charge in [0.05, 0.1) is 5.56 Å². The van der Waals surface area contributed by atoms with Gasteiger partial charge >= 0.3 is 0 Å². The molecule has 1 unspecified atom stereocenters. The third-order valence-corrected chi connectivity index (χ3v) is 4.06. The third kappa shape index (κ3) is 3.48. The molecule has 0 radical (unpaired) electrons. The lowest BCUT2D eigenvalue weighted by atomic mass is 9.94. The van der Waals surface area contributed by atoms with Gasteiger partial charge in [0, 0.05) is 17.6 Å². The van der Waals surface area contributed by atoms with Crippen molar-refractivity contribution in [2.24, 2.45) is 11.7 Å². The van der Waals surface area contributed by atoms with Gasteiger partial charge in [-0.25, -0.2) is 0 Å². The van der Waals surface area contributed by atoms with Gasteiger partial charge in [0.25, 0.3) is 5.91 Å². The van der Waals surface area contributed by atoms with E-state index in [1.54, 1.807) is 18.2 Å². The van der Waals surface area contributed by atoms with E-state index < -0.39 is 0 Å². The lowest BCUT2D eigenvalue weighted by Crippen LogP contribution is -2.40. The van der Waals surface area contributed by atoms with Gasteiger partial charge in [-0.3, -0.25) is 4.79 Å². The number of likely N-dealkylation sites (tertiary alicyclic amines) is 1. The average Bonchev–Trinajstić information content (AvgIpc) is 2.41. The fourth-order valence-corrected chi connectivity index (χ4v) is 2.93. The Balaban J connectivity index is 2.12. The first-order valence-electron chi connectivity index (χ1n) is 6.59. The van der Waals surface area contributed by atoms with Crippen molar-refractivity contribution in [3.8, 4) is 5.75 Å². The zero-order chi connectivity index (χ0) is 13.8. The molecule has 0 spiro atoms. The van der Waals surface area contributed by atoms with Crippen LogP contribution in [0.2, 0.25) is 0 Å². The van der Waals surface area contributed by atoms with E-state index in [0.29, 0.717) is 18.0 Å². The van der Waals surface area contributed by atoms with Gasteiger partial charge in [0.1, 0.15) is 5.75 Å². The van der Waals surface area contributed by atoms with Crippen molar-refractivity contribution in [1.82, 2.24) is 4.90 Å². The van der Waals surface area contributed by atoms with E-state index in [9.17, 15) is 9.90 Å². The van der Waals surface area contributed by atoms with E-state index in [4.69, 9.17) is 5.73 Å². The van der Waals surface area contributed by atoms with Crippen molar-refractivity contribution in [2.45, 2.75) is 19.3 Å². The molecule has 4 nitrogen and oxygen atoms in total. The molecule has 1 aliphatic rings. The van der Waals surface area contributed by atoms with Gasteiger partial charge < -0.3 is 15.7 Å². The largest absolute Gasteiger partial charge is 0.507 e. The molecule has 0 saturated carbocycles. The molecule has 5 heteroatoms. The van der Waals surface area contributed by atoms with Crippen LogP contribution < -0.4 is 5.73 Å². The van der Waals surface area contributed by atoms with E-state index in [2.05, 4.69) is 15.9 Å².